The zero-order valence-electron chi connectivity index (χ0n) is 22.5. The molecule has 0 bridgehead atoms. The lowest BCUT2D eigenvalue weighted by Crippen LogP contribution is -2.42. The fourth-order valence-electron chi connectivity index (χ4n) is 4.02. The smallest absolute Gasteiger partial charge is 0.410 e. The van der Waals surface area contributed by atoms with Gasteiger partial charge in [-0.3, -0.25) is 0 Å². The molecule has 1 aliphatic rings. The maximum absolute atomic E-state index is 12.7. The Morgan fingerprint density at radius 2 is 1.63 bits per heavy atom. The summed E-state index contributed by atoms with van der Waals surface area (Å²) in [4.78, 5) is 23.6. The van der Waals surface area contributed by atoms with Gasteiger partial charge in [-0.15, -0.1) is 0 Å². The molecule has 2 aromatic carbocycles. The van der Waals surface area contributed by atoms with Gasteiger partial charge in [0.1, 0.15) is 28.5 Å². The molecule has 1 saturated heterocycles. The van der Waals surface area contributed by atoms with Gasteiger partial charge in [-0.05, 0) is 82.1 Å². The predicted octanol–water partition coefficient (Wildman–Crippen LogP) is 5.84. The van der Waals surface area contributed by atoms with E-state index in [2.05, 4.69) is 20.6 Å². The number of likely N-dealkylation sites (tertiary alicyclic amines) is 1. The van der Waals surface area contributed by atoms with Crippen molar-refractivity contribution in [3.8, 4) is 23.1 Å². The van der Waals surface area contributed by atoms with Crippen molar-refractivity contribution >= 4 is 23.4 Å². The van der Waals surface area contributed by atoms with Crippen LogP contribution in [-0.2, 0) is 4.74 Å². The van der Waals surface area contributed by atoms with Gasteiger partial charge in [-0.2, -0.15) is 4.98 Å². The number of aromatic nitrogens is 2. The summed E-state index contributed by atoms with van der Waals surface area (Å²) >= 11 is 0. The molecule has 10 nitrogen and oxygen atoms in total. The van der Waals surface area contributed by atoms with Gasteiger partial charge in [0.15, 0.2) is 0 Å². The van der Waals surface area contributed by atoms with Gasteiger partial charge in [0.25, 0.3) is 0 Å². The van der Waals surface area contributed by atoms with Crippen molar-refractivity contribution in [2.75, 3.05) is 37.9 Å². The highest BCUT2D eigenvalue weighted by Crippen LogP contribution is 2.31. The van der Waals surface area contributed by atoms with Crippen molar-refractivity contribution in [3.63, 3.8) is 0 Å². The third-order valence-electron chi connectivity index (χ3n) is 5.91. The lowest BCUT2D eigenvalue weighted by Gasteiger charge is -2.29. The quantitative estimate of drug-likeness (QED) is 0.359. The van der Waals surface area contributed by atoms with Crippen molar-refractivity contribution in [3.05, 3.63) is 54.7 Å². The molecule has 2 N–H and O–H groups in total. The Kier molecular flexibility index (Phi) is 8.40. The molecule has 1 fully saturated rings. The zero-order valence-corrected chi connectivity index (χ0v) is 22.5. The van der Waals surface area contributed by atoms with E-state index in [0.717, 1.165) is 30.0 Å². The number of carbonyl (C=O) groups is 1. The molecule has 1 aromatic heterocycles. The number of hydrogen-bond donors (Lipinski definition) is 2. The summed E-state index contributed by atoms with van der Waals surface area (Å²) in [5.41, 5.74) is 0.871. The number of nitrogens with one attached hydrogen (secondary N) is 2. The van der Waals surface area contributed by atoms with E-state index in [1.807, 2.05) is 69.3 Å². The zero-order chi connectivity index (χ0) is 27.1. The van der Waals surface area contributed by atoms with E-state index in [9.17, 15) is 4.79 Å². The Balaban J connectivity index is 1.52. The molecule has 10 heteroatoms. The lowest BCUT2D eigenvalue weighted by atomic mass is 10.2. The van der Waals surface area contributed by atoms with Gasteiger partial charge >= 0.3 is 6.09 Å². The van der Waals surface area contributed by atoms with Gasteiger partial charge in [-0.25, -0.2) is 9.78 Å². The van der Waals surface area contributed by atoms with E-state index in [-0.39, 0.29) is 12.1 Å². The predicted molar refractivity (Wildman–Crippen MR) is 146 cm³/mol. The third kappa shape index (κ3) is 7.18. The molecule has 0 saturated carbocycles. The number of hydrogen-bond acceptors (Lipinski definition) is 9. The van der Waals surface area contributed by atoms with Crippen LogP contribution in [-0.4, -0.2) is 59.9 Å². The Morgan fingerprint density at radius 3 is 2.26 bits per heavy atom. The molecule has 1 aliphatic heterocycles. The second kappa shape index (κ2) is 11.9. The minimum atomic E-state index is -0.544. The monoisotopic (exact) mass is 521 g/mol. The number of anilines is 3. The number of nitrogens with zero attached hydrogens (tertiary/aromatic N) is 3. The summed E-state index contributed by atoms with van der Waals surface area (Å²) in [5.74, 6) is 2.80. The van der Waals surface area contributed by atoms with Crippen molar-refractivity contribution in [2.45, 2.75) is 45.3 Å². The number of carbonyl (C=O) groups excluding carboxylic acids is 1. The van der Waals surface area contributed by atoms with Gasteiger partial charge in [0.05, 0.1) is 26.5 Å². The highest BCUT2D eigenvalue weighted by atomic mass is 16.6. The van der Waals surface area contributed by atoms with E-state index in [1.54, 1.807) is 25.3 Å². The maximum atomic E-state index is 12.7. The van der Waals surface area contributed by atoms with Crippen molar-refractivity contribution in [2.24, 2.45) is 0 Å². The van der Waals surface area contributed by atoms with Crippen LogP contribution in [0.1, 0.15) is 33.6 Å². The molecule has 2 heterocycles. The average molecular weight is 522 g/mol. The topological polar surface area (TPSA) is 107 Å². The van der Waals surface area contributed by atoms with Crippen LogP contribution in [0.15, 0.2) is 54.7 Å². The fraction of sp³-hybridized carbons (Fsp3) is 0.393. The molecular weight excluding hydrogens is 486 g/mol. The molecule has 1 amide bonds. The summed E-state index contributed by atoms with van der Waals surface area (Å²) in [6.07, 6.45) is 3.16. The molecule has 0 aliphatic carbocycles. The second-order valence-electron chi connectivity index (χ2n) is 9.89. The van der Waals surface area contributed by atoms with Crippen LogP contribution in [0, 0.1) is 0 Å². The molecule has 38 heavy (non-hydrogen) atoms. The first-order valence-corrected chi connectivity index (χ1v) is 12.6. The largest absolute Gasteiger partial charge is 0.497 e. The molecule has 3 aromatic rings. The summed E-state index contributed by atoms with van der Waals surface area (Å²) in [7, 11) is 3.24. The molecule has 4 rings (SSSR count). The fourth-order valence-corrected chi connectivity index (χ4v) is 4.02. The number of benzene rings is 2. The molecule has 202 valence electrons. The van der Waals surface area contributed by atoms with E-state index in [0.29, 0.717) is 36.4 Å². The van der Waals surface area contributed by atoms with Crippen LogP contribution in [0.5, 0.6) is 23.1 Å². The van der Waals surface area contributed by atoms with Crippen LogP contribution in [0.2, 0.25) is 0 Å². The Labute approximate surface area is 223 Å². The van der Waals surface area contributed by atoms with Crippen LogP contribution >= 0.6 is 0 Å². The highest BCUT2D eigenvalue weighted by molar-refractivity contribution is 5.69. The second-order valence-corrected chi connectivity index (χ2v) is 9.89. The van der Waals surface area contributed by atoms with E-state index < -0.39 is 5.60 Å². The SMILES string of the molecule is COc1ccc(Nc2ncc(NC[C@@H]3CCCN3C(=O)OC(C)(C)C)c(Oc3ccc(OC)cc3)n2)cc1. The van der Waals surface area contributed by atoms with Crippen LogP contribution in [0.3, 0.4) is 0 Å². The minimum absolute atomic E-state index is 0.0178. The van der Waals surface area contributed by atoms with Crippen molar-refractivity contribution in [1.29, 1.82) is 0 Å². The van der Waals surface area contributed by atoms with Crippen molar-refractivity contribution in [1.82, 2.24) is 14.9 Å². The third-order valence-corrected chi connectivity index (χ3v) is 5.91. The van der Waals surface area contributed by atoms with Gasteiger partial charge < -0.3 is 34.5 Å². The summed E-state index contributed by atoms with van der Waals surface area (Å²) in [5, 5.41) is 6.58. The summed E-state index contributed by atoms with van der Waals surface area (Å²) in [6.45, 7) is 6.78. The normalized spacial score (nSPS) is 15.1. The Hall–Kier alpha value is -4.21. The van der Waals surface area contributed by atoms with Crippen LogP contribution in [0.25, 0.3) is 0 Å². The van der Waals surface area contributed by atoms with Crippen LogP contribution < -0.4 is 24.8 Å². The Morgan fingerprint density at radius 1 is 1.00 bits per heavy atom. The summed E-state index contributed by atoms with van der Waals surface area (Å²) < 4.78 is 22.2. The van der Waals surface area contributed by atoms with Gasteiger partial charge in [0.2, 0.25) is 11.8 Å². The maximum Gasteiger partial charge on any atom is 0.410 e. The Bertz CT molecular complexity index is 1210. The van der Waals surface area contributed by atoms with Gasteiger partial charge in [-0.1, -0.05) is 0 Å². The average Bonchev–Trinajstić information content (AvgIpc) is 3.37. The van der Waals surface area contributed by atoms with E-state index in [4.69, 9.17) is 18.9 Å². The first-order chi connectivity index (χ1) is 18.2. The standard InChI is InChI=1S/C28H35N5O5/c1-28(2,3)38-27(34)33-16-6-7-20(33)17-29-24-18-30-26(31-19-8-10-21(35-4)11-9-19)32-25(24)37-23-14-12-22(36-5)13-15-23/h8-15,18,20,29H,6-7,16-17H2,1-5H3,(H,30,31,32)/t20-/m0/s1. The number of rotatable bonds is 9. The molecule has 0 radical (unpaired) electrons. The lowest BCUT2D eigenvalue weighted by molar-refractivity contribution is 0.0235. The van der Waals surface area contributed by atoms with E-state index >= 15 is 0 Å². The molecule has 1 atom stereocenters. The van der Waals surface area contributed by atoms with Crippen LogP contribution in [0.4, 0.5) is 22.1 Å². The molecule has 0 spiro atoms. The molecule has 0 unspecified atom stereocenters. The number of amides is 1. The van der Waals surface area contributed by atoms with E-state index in [1.165, 1.54) is 0 Å². The first-order valence-electron chi connectivity index (χ1n) is 12.6. The molecular formula is C28H35N5O5. The highest BCUT2D eigenvalue weighted by Gasteiger charge is 2.32. The minimum Gasteiger partial charge on any atom is -0.497 e. The number of methoxy groups -OCH3 is 2. The van der Waals surface area contributed by atoms with Gasteiger partial charge in [0, 0.05) is 18.8 Å². The number of ether oxygens (including phenoxy) is 4. The summed E-state index contributed by atoms with van der Waals surface area (Å²) in [6, 6.07) is 14.7. The first kappa shape index (κ1) is 26.8. The van der Waals surface area contributed by atoms with Crippen molar-refractivity contribution < 1.29 is 23.7 Å².